The average Bonchev–Trinajstić information content (AvgIpc) is 3.21. The molecule has 0 unspecified atom stereocenters. The second-order valence-corrected chi connectivity index (χ2v) is 7.43. The molecule has 2 aromatic heterocycles. The molecule has 4 heterocycles. The molecule has 1 fully saturated rings. The number of aromatic nitrogens is 2. The van der Waals surface area contributed by atoms with Crippen LogP contribution < -0.4 is 0 Å². The number of oxazole rings is 1. The van der Waals surface area contributed by atoms with Gasteiger partial charge in [0.2, 0.25) is 17.7 Å². The molecule has 0 bridgehead atoms. The Hall–Kier alpha value is -2.74. The summed E-state index contributed by atoms with van der Waals surface area (Å²) in [5.41, 5.74) is 1.66. The molecule has 2 aliphatic rings. The van der Waals surface area contributed by atoms with E-state index in [-0.39, 0.29) is 24.3 Å². The van der Waals surface area contributed by atoms with Crippen LogP contribution in [-0.4, -0.2) is 64.4 Å². The minimum atomic E-state index is -0.0441. The van der Waals surface area contributed by atoms with Gasteiger partial charge in [0.1, 0.15) is 18.1 Å². The van der Waals surface area contributed by atoms with Crippen molar-refractivity contribution < 1.29 is 18.7 Å². The standard InChI is InChI=1S/C21H26N4O4/c1-2-28-14-19(26)24-9-5-15(6-10-24)21(27)25-11-7-18-17(13-25)23-20(29-18)16-4-3-8-22-12-16/h3-4,8,12,15H,2,5-7,9-11,13-14H2,1H3. The van der Waals surface area contributed by atoms with Crippen LogP contribution in [0.5, 0.6) is 0 Å². The molecule has 2 aromatic rings. The number of ether oxygens (including phenoxy) is 1. The molecular weight excluding hydrogens is 372 g/mol. The summed E-state index contributed by atoms with van der Waals surface area (Å²) in [5.74, 6) is 1.52. The maximum atomic E-state index is 13.0. The zero-order valence-corrected chi connectivity index (χ0v) is 16.7. The highest BCUT2D eigenvalue weighted by Crippen LogP contribution is 2.28. The lowest BCUT2D eigenvalue weighted by molar-refractivity contribution is -0.143. The Bertz CT molecular complexity index is 859. The van der Waals surface area contributed by atoms with Crippen LogP contribution in [0.15, 0.2) is 28.9 Å². The van der Waals surface area contributed by atoms with Crippen LogP contribution >= 0.6 is 0 Å². The van der Waals surface area contributed by atoms with Crippen molar-refractivity contribution in [3.63, 3.8) is 0 Å². The van der Waals surface area contributed by atoms with E-state index in [1.165, 1.54) is 0 Å². The first kappa shape index (κ1) is 19.6. The van der Waals surface area contributed by atoms with Crippen LogP contribution in [-0.2, 0) is 27.3 Å². The molecule has 4 rings (SSSR count). The van der Waals surface area contributed by atoms with Gasteiger partial charge in [0, 0.05) is 51.0 Å². The maximum absolute atomic E-state index is 13.0. The van der Waals surface area contributed by atoms with E-state index in [1.54, 1.807) is 17.3 Å². The minimum Gasteiger partial charge on any atom is -0.441 e. The molecule has 0 aliphatic carbocycles. The summed E-state index contributed by atoms with van der Waals surface area (Å²) in [6, 6.07) is 3.76. The van der Waals surface area contributed by atoms with Crippen molar-refractivity contribution >= 4 is 11.8 Å². The molecule has 0 aromatic carbocycles. The summed E-state index contributed by atoms with van der Waals surface area (Å²) in [6.45, 7) is 4.85. The first-order valence-electron chi connectivity index (χ1n) is 10.2. The van der Waals surface area contributed by atoms with Gasteiger partial charge >= 0.3 is 0 Å². The molecule has 0 spiro atoms. The third-order valence-corrected chi connectivity index (χ3v) is 5.57. The van der Waals surface area contributed by atoms with Crippen LogP contribution in [0, 0.1) is 5.92 Å². The first-order valence-corrected chi connectivity index (χ1v) is 10.2. The van der Waals surface area contributed by atoms with E-state index in [1.807, 2.05) is 24.0 Å². The van der Waals surface area contributed by atoms with Crippen LogP contribution in [0.4, 0.5) is 0 Å². The predicted octanol–water partition coefficient (Wildman–Crippen LogP) is 1.90. The van der Waals surface area contributed by atoms with Crippen molar-refractivity contribution in [3.8, 4) is 11.5 Å². The van der Waals surface area contributed by atoms with E-state index in [9.17, 15) is 9.59 Å². The van der Waals surface area contributed by atoms with Gasteiger partial charge in [0.15, 0.2) is 0 Å². The van der Waals surface area contributed by atoms with Gasteiger partial charge in [-0.2, -0.15) is 0 Å². The van der Waals surface area contributed by atoms with Gasteiger partial charge < -0.3 is 19.0 Å². The maximum Gasteiger partial charge on any atom is 0.248 e. The second-order valence-electron chi connectivity index (χ2n) is 7.43. The smallest absolute Gasteiger partial charge is 0.248 e. The van der Waals surface area contributed by atoms with Gasteiger partial charge in [-0.1, -0.05) is 0 Å². The van der Waals surface area contributed by atoms with Crippen molar-refractivity contribution in [2.45, 2.75) is 32.7 Å². The van der Waals surface area contributed by atoms with Gasteiger partial charge in [-0.15, -0.1) is 0 Å². The zero-order chi connectivity index (χ0) is 20.2. The van der Waals surface area contributed by atoms with E-state index in [0.717, 1.165) is 17.0 Å². The van der Waals surface area contributed by atoms with Crippen molar-refractivity contribution in [2.24, 2.45) is 5.92 Å². The number of amides is 2. The molecule has 0 atom stereocenters. The SMILES string of the molecule is CCOCC(=O)N1CCC(C(=O)N2CCc3oc(-c4cccnc4)nc3C2)CC1. The van der Waals surface area contributed by atoms with Crippen molar-refractivity contribution in [2.75, 3.05) is 32.8 Å². The molecule has 29 heavy (non-hydrogen) atoms. The molecule has 0 N–H and O–H groups in total. The molecule has 1 saturated heterocycles. The van der Waals surface area contributed by atoms with E-state index >= 15 is 0 Å². The number of carbonyl (C=O) groups is 2. The molecule has 2 amide bonds. The highest BCUT2D eigenvalue weighted by atomic mass is 16.5. The summed E-state index contributed by atoms with van der Waals surface area (Å²) in [4.78, 5) is 37.5. The van der Waals surface area contributed by atoms with Gasteiger partial charge in [0.05, 0.1) is 12.1 Å². The summed E-state index contributed by atoms with van der Waals surface area (Å²) < 4.78 is 11.1. The monoisotopic (exact) mass is 398 g/mol. The number of fused-ring (bicyclic) bond motifs is 1. The first-order chi connectivity index (χ1) is 14.2. The third kappa shape index (κ3) is 4.32. The Labute approximate surface area is 169 Å². The van der Waals surface area contributed by atoms with Crippen LogP contribution in [0.25, 0.3) is 11.5 Å². The Morgan fingerprint density at radius 2 is 2.07 bits per heavy atom. The lowest BCUT2D eigenvalue weighted by Crippen LogP contribution is -2.46. The summed E-state index contributed by atoms with van der Waals surface area (Å²) in [6.07, 6.45) is 5.49. The fraction of sp³-hybridized carbons (Fsp3) is 0.524. The summed E-state index contributed by atoms with van der Waals surface area (Å²) in [7, 11) is 0. The fourth-order valence-electron chi connectivity index (χ4n) is 3.91. The van der Waals surface area contributed by atoms with Gasteiger partial charge in [-0.05, 0) is 31.9 Å². The quantitative estimate of drug-likeness (QED) is 0.764. The van der Waals surface area contributed by atoms with Crippen LogP contribution in [0.2, 0.25) is 0 Å². The number of hydrogen-bond donors (Lipinski definition) is 0. The zero-order valence-electron chi connectivity index (χ0n) is 16.7. The summed E-state index contributed by atoms with van der Waals surface area (Å²) >= 11 is 0. The highest BCUT2D eigenvalue weighted by molar-refractivity contribution is 5.80. The average molecular weight is 398 g/mol. The van der Waals surface area contributed by atoms with Gasteiger partial charge in [-0.3, -0.25) is 14.6 Å². The fourth-order valence-corrected chi connectivity index (χ4v) is 3.91. The van der Waals surface area contributed by atoms with Crippen molar-refractivity contribution in [1.82, 2.24) is 19.8 Å². The molecule has 0 radical (unpaired) electrons. The number of carbonyl (C=O) groups excluding carboxylic acids is 2. The Balaban J connectivity index is 1.35. The second kappa shape index (κ2) is 8.73. The van der Waals surface area contributed by atoms with Crippen molar-refractivity contribution in [1.29, 1.82) is 0 Å². The third-order valence-electron chi connectivity index (χ3n) is 5.57. The summed E-state index contributed by atoms with van der Waals surface area (Å²) in [5, 5.41) is 0. The molecule has 8 heteroatoms. The number of hydrogen-bond acceptors (Lipinski definition) is 6. The lowest BCUT2D eigenvalue weighted by atomic mass is 9.94. The minimum absolute atomic E-state index is 0.00546. The molecule has 0 saturated carbocycles. The van der Waals surface area contributed by atoms with E-state index < -0.39 is 0 Å². The van der Waals surface area contributed by atoms with E-state index in [4.69, 9.17) is 9.15 Å². The van der Waals surface area contributed by atoms with Gasteiger partial charge in [-0.25, -0.2) is 4.98 Å². The molecule has 8 nitrogen and oxygen atoms in total. The number of likely N-dealkylation sites (tertiary alicyclic amines) is 1. The Kier molecular flexibility index (Phi) is 5.89. The number of piperidine rings is 1. The Morgan fingerprint density at radius 1 is 1.24 bits per heavy atom. The van der Waals surface area contributed by atoms with Crippen LogP contribution in [0.3, 0.4) is 0 Å². The van der Waals surface area contributed by atoms with E-state index in [2.05, 4.69) is 9.97 Å². The normalized spacial score (nSPS) is 17.3. The Morgan fingerprint density at radius 3 is 2.79 bits per heavy atom. The van der Waals surface area contributed by atoms with E-state index in [0.29, 0.717) is 57.9 Å². The lowest BCUT2D eigenvalue weighted by Gasteiger charge is -2.35. The number of nitrogens with zero attached hydrogens (tertiary/aromatic N) is 4. The topological polar surface area (TPSA) is 88.8 Å². The van der Waals surface area contributed by atoms with Crippen LogP contribution in [0.1, 0.15) is 31.2 Å². The number of rotatable bonds is 5. The number of pyridine rings is 1. The molecular formula is C21H26N4O4. The molecule has 154 valence electrons. The van der Waals surface area contributed by atoms with Gasteiger partial charge in [0.25, 0.3) is 0 Å². The highest BCUT2D eigenvalue weighted by Gasteiger charge is 2.33. The molecule has 2 aliphatic heterocycles. The largest absolute Gasteiger partial charge is 0.441 e. The predicted molar refractivity (Wildman–Crippen MR) is 105 cm³/mol. The van der Waals surface area contributed by atoms with Crippen molar-refractivity contribution in [3.05, 3.63) is 36.0 Å².